The normalized spacial score (nSPS) is 10.4. The summed E-state index contributed by atoms with van der Waals surface area (Å²) in [5.41, 5.74) is 2.13. The number of hydrogen-bond acceptors (Lipinski definition) is 4. The Morgan fingerprint density at radius 1 is 1.30 bits per heavy atom. The Bertz CT molecular complexity index is 983. The van der Waals surface area contributed by atoms with Crippen molar-refractivity contribution in [2.45, 2.75) is 20.4 Å². The van der Waals surface area contributed by atoms with E-state index in [0.717, 1.165) is 17.0 Å². The molecule has 6 nitrogen and oxygen atoms in total. The standard InChI is InChI=1S/C20H18ClN3O3/c1-13-14(2)24(11-17-4-3-9-26-17)20(18(13)10-22)23-19(25)12-27-16-7-5-15(21)6-8-16/h3-9H,11-12H2,1-2H3,(H,23,25). The van der Waals surface area contributed by atoms with E-state index in [2.05, 4.69) is 11.4 Å². The number of halogens is 1. The number of carbonyl (C=O) groups is 1. The monoisotopic (exact) mass is 383 g/mol. The van der Waals surface area contributed by atoms with Crippen molar-refractivity contribution in [3.05, 3.63) is 70.3 Å². The molecule has 0 aliphatic heterocycles. The highest BCUT2D eigenvalue weighted by atomic mass is 35.5. The maximum atomic E-state index is 12.4. The molecular formula is C20H18ClN3O3. The zero-order valence-corrected chi connectivity index (χ0v) is 15.7. The predicted octanol–water partition coefficient (Wildman–Crippen LogP) is 4.29. The van der Waals surface area contributed by atoms with Crippen LogP contribution in [0.1, 0.15) is 22.6 Å². The number of ether oxygens (including phenoxy) is 1. The molecule has 27 heavy (non-hydrogen) atoms. The summed E-state index contributed by atoms with van der Waals surface area (Å²) in [6.45, 7) is 3.98. The summed E-state index contributed by atoms with van der Waals surface area (Å²) >= 11 is 5.83. The molecule has 0 bridgehead atoms. The molecule has 1 aromatic carbocycles. The smallest absolute Gasteiger partial charge is 0.263 e. The Morgan fingerprint density at radius 2 is 2.04 bits per heavy atom. The van der Waals surface area contributed by atoms with Gasteiger partial charge >= 0.3 is 0 Å². The Balaban J connectivity index is 1.78. The molecule has 1 N–H and O–H groups in total. The molecule has 0 saturated heterocycles. The molecule has 7 heteroatoms. The number of nitriles is 1. The van der Waals surface area contributed by atoms with Crippen LogP contribution in [0, 0.1) is 25.2 Å². The first kappa shape index (κ1) is 18.6. The first-order valence-electron chi connectivity index (χ1n) is 8.30. The summed E-state index contributed by atoms with van der Waals surface area (Å²) in [7, 11) is 0. The van der Waals surface area contributed by atoms with Gasteiger partial charge in [0.1, 0.15) is 23.4 Å². The van der Waals surface area contributed by atoms with Crippen LogP contribution >= 0.6 is 11.6 Å². The fourth-order valence-electron chi connectivity index (χ4n) is 2.73. The van der Waals surface area contributed by atoms with Crippen LogP contribution in [0.4, 0.5) is 5.82 Å². The zero-order chi connectivity index (χ0) is 19.4. The van der Waals surface area contributed by atoms with Gasteiger partial charge in [0.05, 0.1) is 18.4 Å². The van der Waals surface area contributed by atoms with E-state index in [9.17, 15) is 10.1 Å². The molecule has 1 amide bonds. The zero-order valence-electron chi connectivity index (χ0n) is 15.0. The lowest BCUT2D eigenvalue weighted by molar-refractivity contribution is -0.118. The SMILES string of the molecule is Cc1c(C#N)c(NC(=O)COc2ccc(Cl)cc2)n(Cc2ccco2)c1C. The second-order valence-corrected chi connectivity index (χ2v) is 6.44. The Morgan fingerprint density at radius 3 is 2.67 bits per heavy atom. The molecule has 0 aliphatic rings. The molecule has 0 unspecified atom stereocenters. The summed E-state index contributed by atoms with van der Waals surface area (Å²) in [5, 5.41) is 12.9. The summed E-state index contributed by atoms with van der Waals surface area (Å²) < 4.78 is 12.7. The van der Waals surface area contributed by atoms with Crippen molar-refractivity contribution in [3.63, 3.8) is 0 Å². The third-order valence-electron chi connectivity index (χ3n) is 4.28. The van der Waals surface area contributed by atoms with Gasteiger partial charge in [0.2, 0.25) is 0 Å². The first-order chi connectivity index (χ1) is 13.0. The van der Waals surface area contributed by atoms with Crippen LogP contribution in [0.3, 0.4) is 0 Å². The number of hydrogen-bond donors (Lipinski definition) is 1. The van der Waals surface area contributed by atoms with Gasteiger partial charge in [-0.1, -0.05) is 11.6 Å². The van der Waals surface area contributed by atoms with E-state index >= 15 is 0 Å². The summed E-state index contributed by atoms with van der Waals surface area (Å²) in [6.07, 6.45) is 1.59. The molecule has 3 aromatic rings. The van der Waals surface area contributed by atoms with Crippen LogP contribution in [0.15, 0.2) is 47.1 Å². The number of anilines is 1. The van der Waals surface area contributed by atoms with E-state index < -0.39 is 0 Å². The number of rotatable bonds is 6. The molecule has 138 valence electrons. The van der Waals surface area contributed by atoms with Gasteiger partial charge in [-0.2, -0.15) is 5.26 Å². The number of carbonyl (C=O) groups excluding carboxylic acids is 1. The Hall–Kier alpha value is -3.17. The molecule has 2 aromatic heterocycles. The van der Waals surface area contributed by atoms with Crippen molar-refractivity contribution >= 4 is 23.3 Å². The van der Waals surface area contributed by atoms with Gasteiger partial charge in [0.15, 0.2) is 6.61 Å². The van der Waals surface area contributed by atoms with Crippen LogP contribution in [-0.2, 0) is 11.3 Å². The van der Waals surface area contributed by atoms with E-state index in [1.807, 2.05) is 24.5 Å². The summed E-state index contributed by atoms with van der Waals surface area (Å²) in [5.74, 6) is 1.34. The lowest BCUT2D eigenvalue weighted by Gasteiger charge is -2.12. The fraction of sp³-hybridized carbons (Fsp3) is 0.200. The van der Waals surface area contributed by atoms with E-state index in [4.69, 9.17) is 20.8 Å². The fourth-order valence-corrected chi connectivity index (χ4v) is 2.86. The van der Waals surface area contributed by atoms with E-state index in [1.165, 1.54) is 0 Å². The molecule has 0 atom stereocenters. The Labute approximate surface area is 161 Å². The van der Waals surface area contributed by atoms with Crippen LogP contribution in [0.25, 0.3) is 0 Å². The molecular weight excluding hydrogens is 366 g/mol. The van der Waals surface area contributed by atoms with Crippen LogP contribution < -0.4 is 10.1 Å². The van der Waals surface area contributed by atoms with Crippen molar-refractivity contribution in [2.24, 2.45) is 0 Å². The number of benzene rings is 1. The average molecular weight is 384 g/mol. The molecule has 0 fully saturated rings. The van der Waals surface area contributed by atoms with Crippen LogP contribution in [0.2, 0.25) is 5.02 Å². The number of furan rings is 1. The first-order valence-corrected chi connectivity index (χ1v) is 8.67. The van der Waals surface area contributed by atoms with Crippen molar-refractivity contribution in [2.75, 3.05) is 11.9 Å². The van der Waals surface area contributed by atoms with Crippen molar-refractivity contribution in [1.82, 2.24) is 4.57 Å². The number of nitrogens with one attached hydrogen (secondary N) is 1. The topological polar surface area (TPSA) is 80.2 Å². The second-order valence-electron chi connectivity index (χ2n) is 6.00. The third-order valence-corrected chi connectivity index (χ3v) is 4.53. The second kappa shape index (κ2) is 8.02. The van der Waals surface area contributed by atoms with Gasteiger partial charge in [0.25, 0.3) is 5.91 Å². The van der Waals surface area contributed by atoms with Crippen LogP contribution in [-0.4, -0.2) is 17.1 Å². The molecule has 0 spiro atoms. The number of nitrogens with zero attached hydrogens (tertiary/aromatic N) is 2. The minimum absolute atomic E-state index is 0.184. The minimum atomic E-state index is -0.361. The summed E-state index contributed by atoms with van der Waals surface area (Å²) in [4.78, 5) is 12.4. The quantitative estimate of drug-likeness (QED) is 0.688. The maximum Gasteiger partial charge on any atom is 0.263 e. The van der Waals surface area contributed by atoms with Crippen LogP contribution in [0.5, 0.6) is 5.75 Å². The van der Waals surface area contributed by atoms with Crippen molar-refractivity contribution in [3.8, 4) is 11.8 Å². The average Bonchev–Trinajstić information content (AvgIpc) is 3.24. The van der Waals surface area contributed by atoms with E-state index in [1.54, 1.807) is 36.6 Å². The largest absolute Gasteiger partial charge is 0.484 e. The van der Waals surface area contributed by atoms with Crippen molar-refractivity contribution in [1.29, 1.82) is 5.26 Å². The molecule has 0 aliphatic carbocycles. The van der Waals surface area contributed by atoms with Gasteiger partial charge in [-0.25, -0.2) is 0 Å². The molecule has 0 saturated carbocycles. The number of aromatic nitrogens is 1. The van der Waals surface area contributed by atoms with E-state index in [0.29, 0.717) is 28.7 Å². The van der Waals surface area contributed by atoms with Gasteiger partial charge in [-0.05, 0) is 55.8 Å². The highest BCUT2D eigenvalue weighted by Gasteiger charge is 2.20. The predicted molar refractivity (Wildman–Crippen MR) is 102 cm³/mol. The lowest BCUT2D eigenvalue weighted by Crippen LogP contribution is -2.22. The number of amides is 1. The van der Waals surface area contributed by atoms with Gasteiger partial charge in [0, 0.05) is 10.7 Å². The maximum absolute atomic E-state index is 12.4. The van der Waals surface area contributed by atoms with E-state index in [-0.39, 0.29) is 12.5 Å². The summed E-state index contributed by atoms with van der Waals surface area (Å²) in [6, 6.07) is 12.5. The van der Waals surface area contributed by atoms with Gasteiger partial charge in [-0.15, -0.1) is 0 Å². The molecule has 3 rings (SSSR count). The lowest BCUT2D eigenvalue weighted by atomic mass is 10.2. The molecule has 2 heterocycles. The van der Waals surface area contributed by atoms with Crippen molar-refractivity contribution < 1.29 is 13.9 Å². The molecule has 0 radical (unpaired) electrons. The minimum Gasteiger partial charge on any atom is -0.484 e. The van der Waals surface area contributed by atoms with Gasteiger partial charge in [-0.3, -0.25) is 4.79 Å². The highest BCUT2D eigenvalue weighted by molar-refractivity contribution is 6.30. The third kappa shape index (κ3) is 4.15. The Kier molecular flexibility index (Phi) is 5.53. The highest BCUT2D eigenvalue weighted by Crippen LogP contribution is 2.27. The van der Waals surface area contributed by atoms with Gasteiger partial charge < -0.3 is 19.0 Å².